The third-order valence-corrected chi connectivity index (χ3v) is 4.76. The molecule has 0 atom stereocenters. The predicted molar refractivity (Wildman–Crippen MR) is 103 cm³/mol. The van der Waals surface area contributed by atoms with Crippen molar-refractivity contribution in [3.8, 4) is 0 Å². The Balaban J connectivity index is 1.72. The van der Waals surface area contributed by atoms with E-state index in [1.54, 1.807) is 31.5 Å². The van der Waals surface area contributed by atoms with Crippen molar-refractivity contribution in [1.82, 2.24) is 9.88 Å². The van der Waals surface area contributed by atoms with Crippen molar-refractivity contribution >= 4 is 34.8 Å². The van der Waals surface area contributed by atoms with Crippen LogP contribution in [0.5, 0.6) is 0 Å². The third-order valence-electron chi connectivity index (χ3n) is 4.52. The Morgan fingerprint density at radius 2 is 1.85 bits per heavy atom. The van der Waals surface area contributed by atoms with Gasteiger partial charge in [0.05, 0.1) is 17.4 Å². The molecule has 7 heteroatoms. The zero-order valence-corrected chi connectivity index (χ0v) is 15.6. The zero-order chi connectivity index (χ0) is 18.7. The van der Waals surface area contributed by atoms with E-state index in [0.29, 0.717) is 29.4 Å². The summed E-state index contributed by atoms with van der Waals surface area (Å²) in [6, 6.07) is 7.20. The Labute approximate surface area is 157 Å². The van der Waals surface area contributed by atoms with Crippen LogP contribution in [0.3, 0.4) is 0 Å². The molecule has 1 aliphatic heterocycles. The van der Waals surface area contributed by atoms with Gasteiger partial charge in [-0.05, 0) is 30.7 Å². The molecule has 1 aromatic heterocycles. The van der Waals surface area contributed by atoms with Crippen LogP contribution in [0.25, 0.3) is 0 Å². The number of carbonyl (C=O) groups is 2. The minimum atomic E-state index is -0.230. The van der Waals surface area contributed by atoms with Gasteiger partial charge in [-0.1, -0.05) is 17.7 Å². The lowest BCUT2D eigenvalue weighted by atomic mass is 10.1. The monoisotopic (exact) mass is 372 g/mol. The van der Waals surface area contributed by atoms with E-state index in [1.165, 1.54) is 0 Å². The number of halogens is 1. The SMILES string of the molecule is CC(=O)N1CCN(c2cncc(C(=O)Nc3cc(Cl)ccc3C)c2)CC1. The van der Waals surface area contributed by atoms with Crippen molar-refractivity contribution in [2.75, 3.05) is 36.4 Å². The van der Waals surface area contributed by atoms with E-state index in [1.807, 2.05) is 24.0 Å². The van der Waals surface area contributed by atoms with Crippen molar-refractivity contribution < 1.29 is 9.59 Å². The number of pyridine rings is 1. The molecule has 6 nitrogen and oxygen atoms in total. The lowest BCUT2D eigenvalue weighted by Crippen LogP contribution is -2.48. The van der Waals surface area contributed by atoms with E-state index in [0.717, 1.165) is 24.3 Å². The molecule has 2 heterocycles. The molecule has 0 spiro atoms. The standard InChI is InChI=1S/C19H21ClN4O2/c1-13-3-4-16(20)10-18(13)22-19(26)15-9-17(12-21-11-15)24-7-5-23(6-8-24)14(2)25/h3-4,9-12H,5-8H2,1-2H3,(H,22,26). The minimum Gasteiger partial charge on any atom is -0.367 e. The summed E-state index contributed by atoms with van der Waals surface area (Å²) in [7, 11) is 0. The van der Waals surface area contributed by atoms with Crippen molar-refractivity contribution in [3.63, 3.8) is 0 Å². The molecule has 0 bridgehead atoms. The average molecular weight is 373 g/mol. The molecule has 1 aromatic carbocycles. The second-order valence-corrected chi connectivity index (χ2v) is 6.77. The van der Waals surface area contributed by atoms with Crippen molar-refractivity contribution in [3.05, 3.63) is 52.8 Å². The maximum Gasteiger partial charge on any atom is 0.257 e. The molecule has 3 rings (SSSR count). The van der Waals surface area contributed by atoms with Crippen LogP contribution in [0.2, 0.25) is 5.02 Å². The molecule has 0 aliphatic carbocycles. The maximum absolute atomic E-state index is 12.6. The summed E-state index contributed by atoms with van der Waals surface area (Å²) in [5.41, 5.74) is 2.98. The number of carbonyl (C=O) groups excluding carboxylic acids is 2. The quantitative estimate of drug-likeness (QED) is 0.899. The number of aryl methyl sites for hydroxylation is 1. The fraction of sp³-hybridized carbons (Fsp3) is 0.316. The molecular formula is C19H21ClN4O2. The van der Waals surface area contributed by atoms with Crippen molar-refractivity contribution in [2.45, 2.75) is 13.8 Å². The molecule has 2 aromatic rings. The van der Waals surface area contributed by atoms with E-state index in [9.17, 15) is 9.59 Å². The van der Waals surface area contributed by atoms with Crippen molar-refractivity contribution in [2.24, 2.45) is 0 Å². The summed E-state index contributed by atoms with van der Waals surface area (Å²) in [4.78, 5) is 32.2. The van der Waals surface area contributed by atoms with Crippen LogP contribution < -0.4 is 10.2 Å². The van der Waals surface area contributed by atoms with Gasteiger partial charge in [-0.25, -0.2) is 0 Å². The number of anilines is 2. The van der Waals surface area contributed by atoms with Gasteiger partial charge in [0.1, 0.15) is 0 Å². The molecule has 0 saturated carbocycles. The lowest BCUT2D eigenvalue weighted by molar-refractivity contribution is -0.129. The third kappa shape index (κ3) is 4.14. The number of nitrogens with one attached hydrogen (secondary N) is 1. The number of nitrogens with zero attached hydrogens (tertiary/aromatic N) is 3. The molecule has 136 valence electrons. The number of aromatic nitrogens is 1. The summed E-state index contributed by atoms with van der Waals surface area (Å²) in [5.74, 6) is -0.139. The second-order valence-electron chi connectivity index (χ2n) is 6.34. The lowest BCUT2D eigenvalue weighted by Gasteiger charge is -2.35. The van der Waals surface area contributed by atoms with E-state index >= 15 is 0 Å². The fourth-order valence-electron chi connectivity index (χ4n) is 2.93. The maximum atomic E-state index is 12.6. The number of amides is 2. The highest BCUT2D eigenvalue weighted by molar-refractivity contribution is 6.31. The smallest absolute Gasteiger partial charge is 0.257 e. The second kappa shape index (κ2) is 7.74. The zero-order valence-electron chi connectivity index (χ0n) is 14.8. The van der Waals surface area contributed by atoms with Crippen LogP contribution in [0.4, 0.5) is 11.4 Å². The normalized spacial score (nSPS) is 14.3. The van der Waals surface area contributed by atoms with Crippen LogP contribution in [0, 0.1) is 6.92 Å². The summed E-state index contributed by atoms with van der Waals surface area (Å²) in [5, 5.41) is 3.46. The molecule has 1 saturated heterocycles. The van der Waals surface area contributed by atoms with Gasteiger partial charge < -0.3 is 15.1 Å². The first-order valence-electron chi connectivity index (χ1n) is 8.47. The van der Waals surface area contributed by atoms with Crippen LogP contribution in [-0.4, -0.2) is 47.9 Å². The molecule has 0 radical (unpaired) electrons. The molecule has 0 unspecified atom stereocenters. The highest BCUT2D eigenvalue weighted by Gasteiger charge is 2.20. The topological polar surface area (TPSA) is 65.5 Å². The summed E-state index contributed by atoms with van der Waals surface area (Å²) >= 11 is 6.01. The van der Waals surface area contributed by atoms with Crippen LogP contribution in [-0.2, 0) is 4.79 Å². The molecule has 2 amide bonds. The highest BCUT2D eigenvalue weighted by atomic mass is 35.5. The Morgan fingerprint density at radius 3 is 2.54 bits per heavy atom. The predicted octanol–water partition coefficient (Wildman–Crippen LogP) is 2.96. The molecule has 1 aliphatic rings. The van der Waals surface area contributed by atoms with Gasteiger partial charge in [-0.15, -0.1) is 0 Å². The molecule has 26 heavy (non-hydrogen) atoms. The van der Waals surface area contributed by atoms with Crippen LogP contribution in [0.15, 0.2) is 36.7 Å². The Bertz CT molecular complexity index is 832. The van der Waals surface area contributed by atoms with E-state index in [2.05, 4.69) is 15.2 Å². The number of hydrogen-bond donors (Lipinski definition) is 1. The first kappa shape index (κ1) is 18.2. The Hall–Kier alpha value is -2.60. The van der Waals surface area contributed by atoms with Gasteiger partial charge in [-0.3, -0.25) is 14.6 Å². The van der Waals surface area contributed by atoms with Gasteiger partial charge in [-0.2, -0.15) is 0 Å². The molecule has 1 N–H and O–H groups in total. The molecule has 1 fully saturated rings. The molecular weight excluding hydrogens is 352 g/mol. The van der Waals surface area contributed by atoms with Gasteiger partial charge >= 0.3 is 0 Å². The van der Waals surface area contributed by atoms with Gasteiger partial charge in [0.2, 0.25) is 5.91 Å². The Morgan fingerprint density at radius 1 is 1.12 bits per heavy atom. The first-order valence-corrected chi connectivity index (χ1v) is 8.85. The number of hydrogen-bond acceptors (Lipinski definition) is 4. The van der Waals surface area contributed by atoms with Gasteiger partial charge in [0, 0.05) is 50.0 Å². The van der Waals surface area contributed by atoms with Gasteiger partial charge in [0.25, 0.3) is 5.91 Å². The number of piperazine rings is 1. The Kier molecular flexibility index (Phi) is 5.42. The average Bonchev–Trinajstić information content (AvgIpc) is 2.65. The summed E-state index contributed by atoms with van der Waals surface area (Å²) < 4.78 is 0. The number of benzene rings is 1. The van der Waals surface area contributed by atoms with Gasteiger partial charge in [0.15, 0.2) is 0 Å². The summed E-state index contributed by atoms with van der Waals surface area (Å²) in [6.07, 6.45) is 3.29. The minimum absolute atomic E-state index is 0.0906. The highest BCUT2D eigenvalue weighted by Crippen LogP contribution is 2.22. The van der Waals surface area contributed by atoms with E-state index in [4.69, 9.17) is 11.6 Å². The van der Waals surface area contributed by atoms with E-state index in [-0.39, 0.29) is 11.8 Å². The van der Waals surface area contributed by atoms with Crippen molar-refractivity contribution in [1.29, 1.82) is 0 Å². The largest absolute Gasteiger partial charge is 0.367 e. The van der Waals surface area contributed by atoms with Crippen LogP contribution >= 0.6 is 11.6 Å². The number of rotatable bonds is 3. The van der Waals surface area contributed by atoms with Crippen LogP contribution in [0.1, 0.15) is 22.8 Å². The van der Waals surface area contributed by atoms with E-state index < -0.39 is 0 Å². The first-order chi connectivity index (χ1) is 12.4. The summed E-state index contributed by atoms with van der Waals surface area (Å²) in [6.45, 7) is 6.29. The fourth-order valence-corrected chi connectivity index (χ4v) is 3.10.